The number of carboxylic acid groups (broad SMARTS) is 1. The van der Waals surface area contributed by atoms with E-state index in [1.807, 2.05) is 44.2 Å². The predicted molar refractivity (Wildman–Crippen MR) is 133 cm³/mol. The van der Waals surface area contributed by atoms with Gasteiger partial charge in [-0.25, -0.2) is 9.59 Å². The summed E-state index contributed by atoms with van der Waals surface area (Å²) in [5.74, 6) is -3.11. The van der Waals surface area contributed by atoms with E-state index in [4.69, 9.17) is 9.47 Å². The maximum atomic E-state index is 13.6. The van der Waals surface area contributed by atoms with Crippen LogP contribution in [0.4, 0.5) is 5.69 Å². The fraction of sp³-hybridized carbons (Fsp3) is 0.333. The van der Waals surface area contributed by atoms with Gasteiger partial charge < -0.3 is 19.9 Å². The predicted octanol–water partition coefficient (Wildman–Crippen LogP) is 4.66. The second-order valence-electron chi connectivity index (χ2n) is 8.98. The van der Waals surface area contributed by atoms with E-state index >= 15 is 0 Å². The number of hydrogen-bond acceptors (Lipinski definition) is 7. The lowest BCUT2D eigenvalue weighted by atomic mass is 9.80. The quantitative estimate of drug-likeness (QED) is 0.293. The highest BCUT2D eigenvalue weighted by molar-refractivity contribution is 5.99. The minimum Gasteiger partial charge on any atom is -0.478 e. The monoisotopic (exact) mass is 494 g/mol. The Balaban J connectivity index is 2.05. The highest BCUT2D eigenvalue weighted by atomic mass is 16.6. The third-order valence-electron chi connectivity index (χ3n) is 6.60. The van der Waals surface area contributed by atoms with E-state index in [2.05, 4.69) is 5.32 Å². The third-order valence-corrected chi connectivity index (χ3v) is 6.60. The second-order valence-corrected chi connectivity index (χ2v) is 8.98. The minimum absolute atomic E-state index is 0.0680. The number of carbonyl (C=O) groups is 2. The summed E-state index contributed by atoms with van der Waals surface area (Å²) in [4.78, 5) is 36.7. The number of dihydropyridines is 1. The molecule has 0 bridgehead atoms. The van der Waals surface area contributed by atoms with Gasteiger partial charge in [-0.3, -0.25) is 10.1 Å². The largest absolute Gasteiger partial charge is 0.478 e. The van der Waals surface area contributed by atoms with Crippen LogP contribution in [0.1, 0.15) is 44.7 Å². The number of esters is 1. The Kier molecular flexibility index (Phi) is 7.94. The zero-order valence-electron chi connectivity index (χ0n) is 20.9. The molecule has 0 aromatic heterocycles. The number of carbonyl (C=O) groups excluding carboxylic acids is 1. The molecule has 190 valence electrons. The molecule has 2 unspecified atom stereocenters. The average Bonchev–Trinajstić information content (AvgIpc) is 2.84. The summed E-state index contributed by atoms with van der Waals surface area (Å²) in [5, 5.41) is 24.3. The van der Waals surface area contributed by atoms with Gasteiger partial charge in [0.15, 0.2) is 0 Å². The molecule has 0 saturated heterocycles. The number of carboxylic acids is 1. The number of aliphatic carboxylic acids is 1. The molecule has 2 aromatic rings. The van der Waals surface area contributed by atoms with E-state index in [0.717, 1.165) is 5.56 Å². The number of nitro groups is 1. The molecule has 9 heteroatoms. The first-order valence-corrected chi connectivity index (χ1v) is 11.5. The number of hydrogen-bond donors (Lipinski definition) is 2. The molecule has 0 spiro atoms. The number of methoxy groups -OCH3 is 1. The molecule has 0 saturated carbocycles. The lowest BCUT2D eigenvalue weighted by Crippen LogP contribution is -2.41. The molecule has 36 heavy (non-hydrogen) atoms. The van der Waals surface area contributed by atoms with Crippen LogP contribution < -0.4 is 5.32 Å². The van der Waals surface area contributed by atoms with Gasteiger partial charge in [-0.05, 0) is 30.9 Å². The van der Waals surface area contributed by atoms with Crippen molar-refractivity contribution in [1.29, 1.82) is 0 Å². The van der Waals surface area contributed by atoms with E-state index in [1.165, 1.54) is 18.2 Å². The fourth-order valence-corrected chi connectivity index (χ4v) is 4.67. The van der Waals surface area contributed by atoms with Crippen LogP contribution in [0, 0.1) is 16.0 Å². The Hall–Kier alpha value is -3.98. The van der Waals surface area contributed by atoms with Crippen LogP contribution >= 0.6 is 0 Å². The van der Waals surface area contributed by atoms with Gasteiger partial charge in [0.05, 0.1) is 22.0 Å². The van der Waals surface area contributed by atoms with E-state index in [1.54, 1.807) is 27.0 Å². The van der Waals surface area contributed by atoms with Gasteiger partial charge in [0.25, 0.3) is 5.69 Å². The van der Waals surface area contributed by atoms with Crippen molar-refractivity contribution < 1.29 is 29.1 Å². The SMILES string of the molecule is COC(COC(=O)C1=C(C)NC(C)=C(C(=O)O)C1c1cccc([N+](=O)[O-])c1)(c1ccccc1)C(C)C. The minimum atomic E-state index is -1.24. The molecular formula is C27H30N2O7. The second kappa shape index (κ2) is 10.7. The molecule has 1 aliphatic rings. The number of rotatable bonds is 9. The van der Waals surface area contributed by atoms with Crippen molar-refractivity contribution in [2.75, 3.05) is 13.7 Å². The molecule has 0 radical (unpaired) electrons. The molecule has 2 atom stereocenters. The normalized spacial score (nSPS) is 17.4. The molecule has 0 fully saturated rings. The number of ether oxygens (including phenoxy) is 2. The smallest absolute Gasteiger partial charge is 0.336 e. The van der Waals surface area contributed by atoms with Crippen LogP contribution in [0.2, 0.25) is 0 Å². The van der Waals surface area contributed by atoms with Gasteiger partial charge in [0.1, 0.15) is 12.2 Å². The summed E-state index contributed by atoms with van der Waals surface area (Å²) >= 11 is 0. The lowest BCUT2D eigenvalue weighted by molar-refractivity contribution is -0.384. The molecule has 9 nitrogen and oxygen atoms in total. The summed E-state index contributed by atoms with van der Waals surface area (Å²) in [6.45, 7) is 7.03. The van der Waals surface area contributed by atoms with Crippen molar-refractivity contribution in [2.45, 2.75) is 39.2 Å². The summed E-state index contributed by atoms with van der Waals surface area (Å²) in [6, 6.07) is 15.0. The Morgan fingerprint density at radius 3 is 2.28 bits per heavy atom. The number of nitrogens with one attached hydrogen (secondary N) is 1. The number of nitrogens with zero attached hydrogens (tertiary/aromatic N) is 1. The summed E-state index contributed by atoms with van der Waals surface area (Å²) in [5.41, 5.74) is 0.727. The molecule has 3 rings (SSSR count). The summed E-state index contributed by atoms with van der Waals surface area (Å²) in [6.07, 6.45) is 0. The number of non-ortho nitro benzene ring substituents is 1. The van der Waals surface area contributed by atoms with E-state index in [9.17, 15) is 24.8 Å². The first-order chi connectivity index (χ1) is 17.0. The van der Waals surface area contributed by atoms with E-state index in [0.29, 0.717) is 17.0 Å². The Morgan fingerprint density at radius 1 is 1.08 bits per heavy atom. The fourth-order valence-electron chi connectivity index (χ4n) is 4.67. The molecule has 0 aliphatic carbocycles. The topological polar surface area (TPSA) is 128 Å². The third kappa shape index (κ3) is 5.01. The van der Waals surface area contributed by atoms with E-state index in [-0.39, 0.29) is 29.4 Å². The zero-order valence-corrected chi connectivity index (χ0v) is 20.9. The molecule has 2 aromatic carbocycles. The van der Waals surface area contributed by atoms with Crippen LogP contribution in [0.25, 0.3) is 0 Å². The maximum Gasteiger partial charge on any atom is 0.336 e. The van der Waals surface area contributed by atoms with Crippen LogP contribution in [-0.2, 0) is 24.7 Å². The summed E-state index contributed by atoms with van der Waals surface area (Å²) in [7, 11) is 1.55. The van der Waals surface area contributed by atoms with Gasteiger partial charge in [0, 0.05) is 30.6 Å². The maximum absolute atomic E-state index is 13.6. The Morgan fingerprint density at radius 2 is 1.72 bits per heavy atom. The van der Waals surface area contributed by atoms with Gasteiger partial charge in [-0.15, -0.1) is 0 Å². The molecule has 1 heterocycles. The highest BCUT2D eigenvalue weighted by Crippen LogP contribution is 2.40. The van der Waals surface area contributed by atoms with Crippen molar-refractivity contribution in [1.82, 2.24) is 5.32 Å². The van der Waals surface area contributed by atoms with Crippen LogP contribution in [-0.4, -0.2) is 35.7 Å². The molecular weight excluding hydrogens is 464 g/mol. The van der Waals surface area contributed by atoms with Crippen molar-refractivity contribution in [3.8, 4) is 0 Å². The zero-order chi connectivity index (χ0) is 26.6. The lowest BCUT2D eigenvalue weighted by Gasteiger charge is -2.37. The first kappa shape index (κ1) is 26.6. The number of allylic oxidation sites excluding steroid dienone is 2. The van der Waals surface area contributed by atoms with Gasteiger partial charge >= 0.3 is 11.9 Å². The van der Waals surface area contributed by atoms with Crippen LogP contribution in [0.3, 0.4) is 0 Å². The molecule has 2 N–H and O–H groups in total. The molecule has 1 aliphatic heterocycles. The van der Waals surface area contributed by atoms with E-state index < -0.39 is 28.4 Å². The first-order valence-electron chi connectivity index (χ1n) is 11.5. The average molecular weight is 495 g/mol. The van der Waals surface area contributed by atoms with Gasteiger partial charge in [0.2, 0.25) is 0 Å². The van der Waals surface area contributed by atoms with Gasteiger partial charge in [-0.2, -0.15) is 0 Å². The van der Waals surface area contributed by atoms with Crippen LogP contribution in [0.5, 0.6) is 0 Å². The van der Waals surface area contributed by atoms with Crippen molar-refractivity contribution in [2.24, 2.45) is 5.92 Å². The Bertz CT molecular complexity index is 1230. The van der Waals surface area contributed by atoms with Crippen molar-refractivity contribution in [3.63, 3.8) is 0 Å². The number of benzene rings is 2. The molecule has 0 amide bonds. The van der Waals surface area contributed by atoms with Gasteiger partial charge in [-0.1, -0.05) is 56.3 Å². The number of nitro benzene ring substituents is 1. The standard InChI is InChI=1S/C27H30N2O7/c1-16(2)27(35-5,20-11-7-6-8-12-20)15-36-26(32)23-18(4)28-17(3)22(25(30)31)24(23)19-10-9-13-21(14-19)29(33)34/h6-14,16,24,28H,15H2,1-5H3,(H,30,31). The summed E-state index contributed by atoms with van der Waals surface area (Å²) < 4.78 is 11.7. The van der Waals surface area contributed by atoms with Crippen molar-refractivity contribution in [3.05, 3.63) is 98.4 Å². The Labute approximate surface area is 209 Å². The van der Waals surface area contributed by atoms with Crippen molar-refractivity contribution >= 4 is 17.6 Å². The van der Waals surface area contributed by atoms with Crippen LogP contribution in [0.15, 0.2) is 77.1 Å². The highest BCUT2D eigenvalue weighted by Gasteiger charge is 2.41.